The number of hydrogen-bond donors (Lipinski definition) is 0. The Bertz CT molecular complexity index is 1210. The van der Waals surface area contributed by atoms with Gasteiger partial charge in [-0.3, -0.25) is 0 Å². The van der Waals surface area contributed by atoms with Crippen LogP contribution in [0.15, 0.2) is 83.7 Å². The topological polar surface area (TPSA) is 52.2 Å². The minimum absolute atomic E-state index is 0.185. The van der Waals surface area contributed by atoms with Crippen LogP contribution in [0, 0.1) is 0 Å². The van der Waals surface area contributed by atoms with E-state index in [2.05, 4.69) is 4.57 Å². The molecule has 2 aromatic heterocycles. The van der Waals surface area contributed by atoms with Gasteiger partial charge in [0.1, 0.15) is 5.58 Å². The molecule has 0 bridgehead atoms. The molecule has 1 unspecified atom stereocenters. The van der Waals surface area contributed by atoms with Gasteiger partial charge in [0.05, 0.1) is 26.1 Å². The molecule has 4 rings (SSSR count). The monoisotopic (exact) mass is 409 g/mol. The summed E-state index contributed by atoms with van der Waals surface area (Å²) in [5.74, 6) is 0. The summed E-state index contributed by atoms with van der Waals surface area (Å²) < 4.78 is 33.6. The van der Waals surface area contributed by atoms with Crippen molar-refractivity contribution in [3.05, 3.63) is 79.3 Å². The van der Waals surface area contributed by atoms with Crippen LogP contribution in [-0.4, -0.2) is 32.8 Å². The number of rotatable bonds is 7. The van der Waals surface area contributed by atoms with Crippen molar-refractivity contribution in [1.29, 1.82) is 0 Å². The molecular weight excluding hydrogens is 384 g/mol. The fourth-order valence-electron chi connectivity index (χ4n) is 3.78. The molecule has 6 heteroatoms. The SMILES string of the molecule is C[N+](CCCn1cccc1)(c1cc2occc2cc1-c1ccccc1)S(C)(=O)=O. The fraction of sp³-hybridized carbons (Fsp3) is 0.217. The second-order valence-electron chi connectivity index (χ2n) is 7.53. The lowest BCUT2D eigenvalue weighted by Gasteiger charge is -2.33. The normalized spacial score (nSPS) is 14.1. The van der Waals surface area contributed by atoms with Crippen LogP contribution in [0.2, 0.25) is 0 Å². The Morgan fingerprint density at radius 1 is 1.00 bits per heavy atom. The largest absolute Gasteiger partial charge is 0.464 e. The highest BCUT2D eigenvalue weighted by Gasteiger charge is 2.38. The van der Waals surface area contributed by atoms with Gasteiger partial charge in [-0.05, 0) is 29.8 Å². The summed E-state index contributed by atoms with van der Waals surface area (Å²) in [5.41, 5.74) is 3.32. The Labute approximate surface area is 171 Å². The zero-order valence-corrected chi connectivity index (χ0v) is 17.5. The van der Waals surface area contributed by atoms with E-state index in [1.54, 1.807) is 13.3 Å². The van der Waals surface area contributed by atoms with Gasteiger partial charge < -0.3 is 8.98 Å². The first-order valence-electron chi connectivity index (χ1n) is 9.62. The zero-order valence-electron chi connectivity index (χ0n) is 16.7. The molecule has 2 aromatic carbocycles. The lowest BCUT2D eigenvalue weighted by molar-refractivity contribution is 0.443. The summed E-state index contributed by atoms with van der Waals surface area (Å²) in [7, 11) is -1.67. The van der Waals surface area contributed by atoms with E-state index in [1.807, 2.05) is 73.1 Å². The van der Waals surface area contributed by atoms with Crippen LogP contribution < -0.4 is 3.89 Å². The van der Waals surface area contributed by atoms with Crippen molar-refractivity contribution < 1.29 is 12.8 Å². The number of benzene rings is 2. The first-order chi connectivity index (χ1) is 13.9. The van der Waals surface area contributed by atoms with Crippen molar-refractivity contribution in [3.63, 3.8) is 0 Å². The molecule has 0 aliphatic rings. The van der Waals surface area contributed by atoms with E-state index < -0.39 is 10.0 Å². The molecule has 0 amide bonds. The standard InChI is InChI=1S/C23H25N2O3S/c1-25(29(2,26)27,15-8-14-24-12-6-7-13-24)22-18-23-20(11-16-28-23)17-21(22)19-9-4-3-5-10-19/h3-7,9-13,16-18H,8,14-15H2,1-2H3/q+1. The minimum Gasteiger partial charge on any atom is -0.464 e. The Kier molecular flexibility index (Phi) is 5.06. The highest BCUT2D eigenvalue weighted by Crippen LogP contribution is 2.39. The van der Waals surface area contributed by atoms with Gasteiger partial charge >= 0.3 is 0 Å². The van der Waals surface area contributed by atoms with Crippen molar-refractivity contribution in [3.8, 4) is 11.1 Å². The summed E-state index contributed by atoms with van der Waals surface area (Å²) in [5, 5.41) is 0.958. The second-order valence-corrected chi connectivity index (χ2v) is 9.80. The van der Waals surface area contributed by atoms with E-state index in [9.17, 15) is 8.42 Å². The van der Waals surface area contributed by atoms with Crippen molar-refractivity contribution in [2.45, 2.75) is 13.0 Å². The van der Waals surface area contributed by atoms with Gasteiger partial charge in [-0.1, -0.05) is 30.3 Å². The molecule has 0 spiro atoms. The lowest BCUT2D eigenvalue weighted by atomic mass is 10.0. The summed E-state index contributed by atoms with van der Waals surface area (Å²) in [6, 6.07) is 19.7. The van der Waals surface area contributed by atoms with E-state index >= 15 is 0 Å². The average Bonchev–Trinajstić information content (AvgIpc) is 3.38. The van der Waals surface area contributed by atoms with Gasteiger partial charge in [0.25, 0.3) is 10.0 Å². The van der Waals surface area contributed by atoms with Crippen molar-refractivity contribution >= 4 is 26.7 Å². The van der Waals surface area contributed by atoms with Gasteiger partial charge in [-0.25, -0.2) is 0 Å². The summed E-state index contributed by atoms with van der Waals surface area (Å²) in [4.78, 5) is 0. The fourth-order valence-corrected chi connectivity index (χ4v) is 4.75. The predicted molar refractivity (Wildman–Crippen MR) is 118 cm³/mol. The molecule has 150 valence electrons. The third kappa shape index (κ3) is 3.73. The third-order valence-electron chi connectivity index (χ3n) is 5.56. The van der Waals surface area contributed by atoms with E-state index in [4.69, 9.17) is 4.42 Å². The predicted octanol–water partition coefficient (Wildman–Crippen LogP) is 4.89. The van der Waals surface area contributed by atoms with Crippen LogP contribution in [0.4, 0.5) is 5.69 Å². The zero-order chi connectivity index (χ0) is 20.5. The van der Waals surface area contributed by atoms with E-state index in [0.29, 0.717) is 12.1 Å². The molecule has 5 nitrogen and oxygen atoms in total. The van der Waals surface area contributed by atoms with Gasteiger partial charge in [-0.2, -0.15) is 12.3 Å². The summed E-state index contributed by atoms with van der Waals surface area (Å²) >= 11 is 0. The van der Waals surface area contributed by atoms with Crippen LogP contribution >= 0.6 is 0 Å². The second kappa shape index (κ2) is 7.54. The molecule has 1 atom stereocenters. The van der Waals surface area contributed by atoms with Crippen LogP contribution in [-0.2, 0) is 16.6 Å². The molecule has 2 heterocycles. The molecule has 0 radical (unpaired) electrons. The molecule has 0 aliphatic carbocycles. The van der Waals surface area contributed by atoms with E-state index in [1.165, 1.54) is 6.26 Å². The van der Waals surface area contributed by atoms with Crippen molar-refractivity contribution in [2.24, 2.45) is 0 Å². The maximum Gasteiger partial charge on any atom is 0.298 e. The number of aromatic nitrogens is 1. The van der Waals surface area contributed by atoms with Crippen LogP contribution in [0.3, 0.4) is 0 Å². The van der Waals surface area contributed by atoms with Gasteiger partial charge in [0, 0.05) is 42.4 Å². The van der Waals surface area contributed by atoms with Crippen LogP contribution in [0.1, 0.15) is 6.42 Å². The number of furan rings is 1. The van der Waals surface area contributed by atoms with Crippen molar-refractivity contribution in [1.82, 2.24) is 8.46 Å². The maximum absolute atomic E-state index is 13.0. The van der Waals surface area contributed by atoms with Crippen molar-refractivity contribution in [2.75, 3.05) is 19.8 Å². The highest BCUT2D eigenvalue weighted by atomic mass is 32.2. The molecule has 0 saturated carbocycles. The molecule has 29 heavy (non-hydrogen) atoms. The first kappa shape index (κ1) is 19.5. The Morgan fingerprint density at radius 3 is 2.41 bits per heavy atom. The number of quaternary nitrogens is 1. The summed E-state index contributed by atoms with van der Waals surface area (Å²) in [6.45, 7) is 1.23. The number of nitrogens with zero attached hydrogens (tertiary/aromatic N) is 2. The van der Waals surface area contributed by atoms with Gasteiger partial charge in [0.2, 0.25) is 0 Å². The molecule has 0 N–H and O–H groups in total. The number of sulfonamides is 1. The Morgan fingerprint density at radius 2 is 1.72 bits per heavy atom. The smallest absolute Gasteiger partial charge is 0.298 e. The van der Waals surface area contributed by atoms with Crippen LogP contribution in [0.5, 0.6) is 0 Å². The minimum atomic E-state index is -3.45. The molecule has 4 aromatic rings. The third-order valence-corrected chi connectivity index (χ3v) is 7.41. The first-order valence-corrected chi connectivity index (χ1v) is 11.5. The molecule has 0 fully saturated rings. The Hall–Kier alpha value is -2.83. The van der Waals surface area contributed by atoms with E-state index in [0.717, 1.165) is 35.2 Å². The quantitative estimate of drug-likeness (QED) is 0.409. The molecular formula is C23H25N2O3S+. The number of aryl methyl sites for hydroxylation is 1. The van der Waals surface area contributed by atoms with Crippen LogP contribution in [0.25, 0.3) is 22.1 Å². The Balaban J connectivity index is 1.83. The maximum atomic E-state index is 13.0. The highest BCUT2D eigenvalue weighted by molar-refractivity contribution is 7.90. The number of fused-ring (bicyclic) bond motifs is 1. The molecule has 0 saturated heterocycles. The van der Waals surface area contributed by atoms with Gasteiger partial charge in [0.15, 0.2) is 5.69 Å². The van der Waals surface area contributed by atoms with E-state index in [-0.39, 0.29) is 3.89 Å². The number of hydrogen-bond acceptors (Lipinski definition) is 3. The van der Waals surface area contributed by atoms with Gasteiger partial charge in [-0.15, -0.1) is 0 Å². The lowest BCUT2D eigenvalue weighted by Crippen LogP contribution is -2.51. The average molecular weight is 410 g/mol. The molecule has 0 aliphatic heterocycles. The summed E-state index contributed by atoms with van der Waals surface area (Å²) in [6.07, 6.45) is 7.66.